The fourth-order valence-corrected chi connectivity index (χ4v) is 2.58. The van der Waals surface area contributed by atoms with Gasteiger partial charge >= 0.3 is 0 Å². The molecule has 0 spiro atoms. The van der Waals surface area contributed by atoms with Gasteiger partial charge in [-0.25, -0.2) is 4.39 Å². The molecule has 0 saturated carbocycles. The summed E-state index contributed by atoms with van der Waals surface area (Å²) in [4.78, 5) is 37.7. The van der Waals surface area contributed by atoms with E-state index in [2.05, 4.69) is 5.32 Å². The second-order valence-corrected chi connectivity index (χ2v) is 6.60. The molecule has 6 nitrogen and oxygen atoms in total. The van der Waals surface area contributed by atoms with Crippen molar-refractivity contribution in [3.8, 4) is 5.75 Å². The van der Waals surface area contributed by atoms with Gasteiger partial charge in [0.1, 0.15) is 11.6 Å². The smallest absolute Gasteiger partial charge is 0.243 e. The van der Waals surface area contributed by atoms with Crippen molar-refractivity contribution in [1.82, 2.24) is 4.90 Å². The molecule has 0 aliphatic heterocycles. The number of benzene rings is 2. The second kappa shape index (κ2) is 10.9. The van der Waals surface area contributed by atoms with Gasteiger partial charge in [0, 0.05) is 31.1 Å². The highest BCUT2D eigenvalue weighted by Gasteiger charge is 2.15. The molecule has 29 heavy (non-hydrogen) atoms. The number of anilines is 1. The monoisotopic (exact) mass is 400 g/mol. The molecule has 2 rings (SSSR count). The molecule has 2 amide bonds. The van der Waals surface area contributed by atoms with Gasteiger partial charge in [0.2, 0.25) is 11.8 Å². The first-order chi connectivity index (χ1) is 13.9. The molecule has 0 aliphatic carbocycles. The standard InChI is InChI=1S/C22H25FN2O4/c1-3-13-29-19-9-7-16(8-10-19)20(26)11-12-22(28)25(2)15-21(27)24-18-6-4-5-17(23)14-18/h4-10,14H,3,11-13,15H2,1-2H3,(H,24,27). The number of ether oxygens (including phenoxy) is 1. The van der Waals surface area contributed by atoms with Crippen LogP contribution in [0.3, 0.4) is 0 Å². The van der Waals surface area contributed by atoms with Crippen LogP contribution in [-0.4, -0.2) is 42.7 Å². The van der Waals surface area contributed by atoms with Gasteiger partial charge in [-0.1, -0.05) is 13.0 Å². The number of likely N-dealkylation sites (N-methyl/N-ethyl adjacent to an activating group) is 1. The molecule has 2 aromatic rings. The minimum atomic E-state index is -0.462. The van der Waals surface area contributed by atoms with Crippen LogP contribution in [0.25, 0.3) is 0 Å². The van der Waals surface area contributed by atoms with Crippen molar-refractivity contribution in [3.05, 3.63) is 59.9 Å². The highest BCUT2D eigenvalue weighted by molar-refractivity contribution is 5.99. The van der Waals surface area contributed by atoms with Crippen LogP contribution in [0.15, 0.2) is 48.5 Å². The molecule has 1 N–H and O–H groups in total. The number of Topliss-reactive ketones (excluding diaryl/α,β-unsaturated/α-hetero) is 1. The van der Waals surface area contributed by atoms with Crippen molar-refractivity contribution in [1.29, 1.82) is 0 Å². The van der Waals surface area contributed by atoms with E-state index in [-0.39, 0.29) is 31.1 Å². The molecule has 0 unspecified atom stereocenters. The Morgan fingerprint density at radius 2 is 1.79 bits per heavy atom. The first-order valence-electron chi connectivity index (χ1n) is 9.44. The summed E-state index contributed by atoms with van der Waals surface area (Å²) in [5.41, 5.74) is 0.825. The number of carbonyl (C=O) groups excluding carboxylic acids is 3. The van der Waals surface area contributed by atoms with Crippen LogP contribution in [-0.2, 0) is 9.59 Å². The number of amides is 2. The Morgan fingerprint density at radius 3 is 2.45 bits per heavy atom. The van der Waals surface area contributed by atoms with Crippen molar-refractivity contribution in [2.24, 2.45) is 0 Å². The molecule has 0 aliphatic rings. The van der Waals surface area contributed by atoms with Gasteiger partial charge in [-0.05, 0) is 48.9 Å². The zero-order valence-electron chi connectivity index (χ0n) is 16.6. The number of halogens is 1. The second-order valence-electron chi connectivity index (χ2n) is 6.60. The van der Waals surface area contributed by atoms with E-state index in [9.17, 15) is 18.8 Å². The molecule has 0 saturated heterocycles. The maximum atomic E-state index is 13.1. The lowest BCUT2D eigenvalue weighted by atomic mass is 10.1. The summed E-state index contributed by atoms with van der Waals surface area (Å²) < 4.78 is 18.6. The molecule has 154 valence electrons. The molecule has 0 fully saturated rings. The van der Waals surface area contributed by atoms with Crippen molar-refractivity contribution >= 4 is 23.3 Å². The first kappa shape index (κ1) is 22.1. The first-order valence-corrected chi connectivity index (χ1v) is 9.44. The van der Waals surface area contributed by atoms with Crippen LogP contribution in [0.5, 0.6) is 5.75 Å². The van der Waals surface area contributed by atoms with Gasteiger partial charge in [0.15, 0.2) is 5.78 Å². The molecule has 0 bridgehead atoms. The third-order valence-corrected chi connectivity index (χ3v) is 4.13. The zero-order chi connectivity index (χ0) is 21.2. The number of hydrogen-bond donors (Lipinski definition) is 1. The predicted octanol–water partition coefficient (Wildman–Crippen LogP) is 3.67. The third kappa shape index (κ3) is 7.37. The molecule has 0 radical (unpaired) electrons. The Morgan fingerprint density at radius 1 is 1.07 bits per heavy atom. The zero-order valence-corrected chi connectivity index (χ0v) is 16.6. The minimum Gasteiger partial charge on any atom is -0.494 e. The van der Waals surface area contributed by atoms with E-state index in [0.29, 0.717) is 23.6 Å². The fraction of sp³-hybridized carbons (Fsp3) is 0.318. The summed E-state index contributed by atoms with van der Waals surface area (Å²) in [5.74, 6) is -0.687. The van der Waals surface area contributed by atoms with Crippen molar-refractivity contribution in [3.63, 3.8) is 0 Å². The van der Waals surface area contributed by atoms with Gasteiger partial charge in [-0.15, -0.1) is 0 Å². The lowest BCUT2D eigenvalue weighted by molar-refractivity contribution is -0.133. The van der Waals surface area contributed by atoms with Crippen molar-refractivity contribution in [2.75, 3.05) is 25.5 Å². The maximum absolute atomic E-state index is 13.1. The number of carbonyl (C=O) groups is 3. The van der Waals surface area contributed by atoms with Crippen LogP contribution in [0, 0.1) is 5.82 Å². The summed E-state index contributed by atoms with van der Waals surface area (Å²) in [5, 5.41) is 2.53. The van der Waals surface area contributed by atoms with Gasteiger partial charge in [-0.3, -0.25) is 14.4 Å². The Labute approximate surface area is 169 Å². The number of nitrogens with one attached hydrogen (secondary N) is 1. The minimum absolute atomic E-state index is 0.00331. The van der Waals surface area contributed by atoms with E-state index < -0.39 is 11.7 Å². The van der Waals surface area contributed by atoms with Gasteiger partial charge in [0.25, 0.3) is 0 Å². The van der Waals surface area contributed by atoms with Crippen molar-refractivity contribution in [2.45, 2.75) is 26.2 Å². The summed E-state index contributed by atoms with van der Waals surface area (Å²) in [6.07, 6.45) is 0.942. The molecule has 0 atom stereocenters. The average Bonchev–Trinajstić information content (AvgIpc) is 2.70. The van der Waals surface area contributed by atoms with E-state index in [1.807, 2.05) is 6.92 Å². The van der Waals surface area contributed by atoms with Crippen LogP contribution in [0.2, 0.25) is 0 Å². The summed E-state index contributed by atoms with van der Waals surface area (Å²) in [7, 11) is 1.48. The van der Waals surface area contributed by atoms with Crippen molar-refractivity contribution < 1.29 is 23.5 Å². The molecule has 0 aromatic heterocycles. The highest BCUT2D eigenvalue weighted by Crippen LogP contribution is 2.15. The van der Waals surface area contributed by atoms with E-state index in [0.717, 1.165) is 6.42 Å². The third-order valence-electron chi connectivity index (χ3n) is 4.13. The van der Waals surface area contributed by atoms with E-state index in [4.69, 9.17) is 4.74 Å². The van der Waals surface area contributed by atoms with Crippen LogP contribution < -0.4 is 10.1 Å². The van der Waals surface area contributed by atoms with Gasteiger partial charge in [-0.2, -0.15) is 0 Å². The number of rotatable bonds is 10. The quantitative estimate of drug-likeness (QED) is 0.618. The van der Waals surface area contributed by atoms with E-state index in [1.165, 1.54) is 30.1 Å². The lowest BCUT2D eigenvalue weighted by Crippen LogP contribution is -2.35. The van der Waals surface area contributed by atoms with Crippen LogP contribution >= 0.6 is 0 Å². The molecular formula is C22H25FN2O4. The summed E-state index contributed by atoms with van der Waals surface area (Å²) >= 11 is 0. The predicted molar refractivity (Wildman–Crippen MR) is 108 cm³/mol. The van der Waals surface area contributed by atoms with E-state index >= 15 is 0 Å². The molecule has 2 aromatic carbocycles. The SMILES string of the molecule is CCCOc1ccc(C(=O)CCC(=O)N(C)CC(=O)Nc2cccc(F)c2)cc1. The Hall–Kier alpha value is -3.22. The molecule has 7 heteroatoms. The summed E-state index contributed by atoms with van der Waals surface area (Å²) in [6.45, 7) is 2.44. The van der Waals surface area contributed by atoms with Crippen LogP contribution in [0.4, 0.5) is 10.1 Å². The molecular weight excluding hydrogens is 375 g/mol. The Bertz CT molecular complexity index is 852. The summed E-state index contributed by atoms with van der Waals surface area (Å²) in [6, 6.07) is 12.3. The van der Waals surface area contributed by atoms with Crippen LogP contribution in [0.1, 0.15) is 36.5 Å². The average molecular weight is 400 g/mol. The molecule has 0 heterocycles. The number of ketones is 1. The lowest BCUT2D eigenvalue weighted by Gasteiger charge is -2.16. The Kier molecular flexibility index (Phi) is 8.33. The fourth-order valence-electron chi connectivity index (χ4n) is 2.58. The number of nitrogens with zero attached hydrogens (tertiary/aromatic N) is 1. The number of hydrogen-bond acceptors (Lipinski definition) is 4. The highest BCUT2D eigenvalue weighted by atomic mass is 19.1. The van der Waals surface area contributed by atoms with Gasteiger partial charge in [0.05, 0.1) is 13.2 Å². The van der Waals surface area contributed by atoms with E-state index in [1.54, 1.807) is 30.3 Å². The largest absolute Gasteiger partial charge is 0.494 e. The topological polar surface area (TPSA) is 75.7 Å². The Balaban J connectivity index is 1.78. The maximum Gasteiger partial charge on any atom is 0.243 e. The normalized spacial score (nSPS) is 10.3. The van der Waals surface area contributed by atoms with Gasteiger partial charge < -0.3 is 15.0 Å².